The molecule has 1 aliphatic rings. The van der Waals surface area contributed by atoms with Crippen molar-refractivity contribution in [3.05, 3.63) is 60.4 Å². The molecule has 2 heterocycles. The van der Waals surface area contributed by atoms with E-state index in [1.54, 1.807) is 42.5 Å². The number of amides is 2. The molecule has 0 saturated carbocycles. The van der Waals surface area contributed by atoms with E-state index in [-0.39, 0.29) is 11.8 Å². The van der Waals surface area contributed by atoms with E-state index < -0.39 is 0 Å². The highest BCUT2D eigenvalue weighted by Gasteiger charge is 2.24. The van der Waals surface area contributed by atoms with Crippen LogP contribution in [0, 0.1) is 0 Å². The van der Waals surface area contributed by atoms with Crippen molar-refractivity contribution in [1.82, 2.24) is 9.97 Å². The van der Waals surface area contributed by atoms with E-state index in [2.05, 4.69) is 15.3 Å². The number of fused-ring (bicyclic) bond motifs is 1. The molecule has 1 saturated heterocycles. The third kappa shape index (κ3) is 4.08. The molecule has 0 aliphatic carbocycles. The minimum absolute atomic E-state index is 0.0829. The summed E-state index contributed by atoms with van der Waals surface area (Å²) in [6.45, 7) is 0.677. The summed E-state index contributed by atoms with van der Waals surface area (Å²) in [5, 5.41) is 2.80. The fourth-order valence-corrected chi connectivity index (χ4v) is 3.28. The number of para-hydroxylation sites is 2. The summed E-state index contributed by atoms with van der Waals surface area (Å²) >= 11 is 0. The zero-order chi connectivity index (χ0) is 20.2. The van der Waals surface area contributed by atoms with Gasteiger partial charge >= 0.3 is 0 Å². The van der Waals surface area contributed by atoms with Crippen LogP contribution in [-0.2, 0) is 9.59 Å². The molecule has 1 N–H and O–H groups in total. The number of aromatic nitrogens is 2. The average Bonchev–Trinajstić information content (AvgIpc) is 3.17. The second kappa shape index (κ2) is 8.10. The molecule has 1 fully saturated rings. The molecule has 1 aliphatic heterocycles. The number of carbonyl (C=O) groups excluding carboxylic acids is 2. The highest BCUT2D eigenvalue weighted by atomic mass is 16.5. The fourth-order valence-electron chi connectivity index (χ4n) is 3.28. The Labute approximate surface area is 168 Å². The third-order valence-electron chi connectivity index (χ3n) is 4.68. The standard InChI is InChI=1S/C22H20N4O3/c1-29-20-13-15(8-10-19(20)26-12-4-7-22(26)28)25-21(27)11-9-16-14-23-17-5-2-3-6-18(17)24-16/h2-3,5-6,8-11,13-14H,4,7,12H2,1H3,(H,25,27)/b11-9+. The second-order valence-corrected chi connectivity index (χ2v) is 6.64. The first-order valence-electron chi connectivity index (χ1n) is 9.33. The lowest BCUT2D eigenvalue weighted by atomic mass is 10.2. The third-order valence-corrected chi connectivity index (χ3v) is 4.68. The van der Waals surface area contributed by atoms with E-state index >= 15 is 0 Å². The highest BCUT2D eigenvalue weighted by Crippen LogP contribution is 2.33. The lowest BCUT2D eigenvalue weighted by Gasteiger charge is -2.19. The number of rotatable bonds is 5. The van der Waals surface area contributed by atoms with Gasteiger partial charge in [0.2, 0.25) is 11.8 Å². The van der Waals surface area contributed by atoms with E-state index in [9.17, 15) is 9.59 Å². The maximum Gasteiger partial charge on any atom is 0.248 e. The van der Waals surface area contributed by atoms with E-state index in [0.717, 1.165) is 23.1 Å². The number of carbonyl (C=O) groups is 2. The SMILES string of the molecule is COc1cc(NC(=O)/C=C/c2cnc3ccccc3n2)ccc1N1CCCC1=O. The number of hydrogen-bond donors (Lipinski definition) is 1. The van der Waals surface area contributed by atoms with Crippen molar-refractivity contribution in [3.8, 4) is 5.75 Å². The van der Waals surface area contributed by atoms with Gasteiger partial charge in [0.1, 0.15) is 5.75 Å². The Kier molecular flexibility index (Phi) is 5.20. The fraction of sp³-hybridized carbons (Fsp3) is 0.182. The summed E-state index contributed by atoms with van der Waals surface area (Å²) in [5.41, 5.74) is 3.47. The number of nitrogens with zero attached hydrogens (tertiary/aromatic N) is 3. The molecule has 1 aromatic heterocycles. The molecule has 0 radical (unpaired) electrons. The Bertz CT molecular complexity index is 1110. The van der Waals surface area contributed by atoms with Crippen molar-refractivity contribution in [1.29, 1.82) is 0 Å². The largest absolute Gasteiger partial charge is 0.494 e. The van der Waals surface area contributed by atoms with E-state index in [0.29, 0.717) is 30.1 Å². The summed E-state index contributed by atoms with van der Waals surface area (Å²) in [6, 6.07) is 12.8. The van der Waals surface area contributed by atoms with Crippen molar-refractivity contribution < 1.29 is 14.3 Å². The zero-order valence-corrected chi connectivity index (χ0v) is 16.0. The summed E-state index contributed by atoms with van der Waals surface area (Å²) in [7, 11) is 1.54. The van der Waals surface area contributed by atoms with Gasteiger partial charge in [-0.25, -0.2) is 4.98 Å². The van der Waals surface area contributed by atoms with Gasteiger partial charge in [-0.05, 0) is 36.8 Å². The van der Waals surface area contributed by atoms with Crippen molar-refractivity contribution in [2.45, 2.75) is 12.8 Å². The Morgan fingerprint density at radius 3 is 2.79 bits per heavy atom. The maximum absolute atomic E-state index is 12.3. The number of ether oxygens (including phenoxy) is 1. The van der Waals surface area contributed by atoms with Crippen molar-refractivity contribution in [2.24, 2.45) is 0 Å². The van der Waals surface area contributed by atoms with Gasteiger partial charge in [-0.3, -0.25) is 14.6 Å². The molecule has 7 heteroatoms. The first-order valence-corrected chi connectivity index (χ1v) is 9.33. The van der Waals surface area contributed by atoms with Crippen LogP contribution in [0.1, 0.15) is 18.5 Å². The lowest BCUT2D eigenvalue weighted by Crippen LogP contribution is -2.24. The van der Waals surface area contributed by atoms with Crippen LogP contribution in [0.2, 0.25) is 0 Å². The molecular formula is C22H20N4O3. The van der Waals surface area contributed by atoms with Crippen molar-refractivity contribution >= 4 is 40.3 Å². The molecular weight excluding hydrogens is 368 g/mol. The van der Waals surface area contributed by atoms with Gasteiger partial charge in [-0.15, -0.1) is 0 Å². The van der Waals surface area contributed by atoms with Crippen LogP contribution < -0.4 is 15.0 Å². The topological polar surface area (TPSA) is 84.4 Å². The molecule has 0 bridgehead atoms. The van der Waals surface area contributed by atoms with E-state index in [1.807, 2.05) is 24.3 Å². The van der Waals surface area contributed by atoms with Crippen molar-refractivity contribution in [3.63, 3.8) is 0 Å². The van der Waals surface area contributed by atoms with Gasteiger partial charge in [-0.1, -0.05) is 12.1 Å². The second-order valence-electron chi connectivity index (χ2n) is 6.64. The number of anilines is 2. The molecule has 29 heavy (non-hydrogen) atoms. The average molecular weight is 388 g/mol. The van der Waals surface area contributed by atoms with E-state index in [4.69, 9.17) is 4.74 Å². The van der Waals surface area contributed by atoms with Crippen LogP contribution in [0.3, 0.4) is 0 Å². The van der Waals surface area contributed by atoms with Crippen molar-refractivity contribution in [2.75, 3.05) is 23.9 Å². The van der Waals surface area contributed by atoms with Gasteiger partial charge in [0.05, 0.1) is 35.7 Å². The Morgan fingerprint density at radius 1 is 1.21 bits per heavy atom. The molecule has 0 atom stereocenters. The van der Waals surface area contributed by atoms with Gasteiger partial charge in [0, 0.05) is 30.8 Å². The molecule has 146 valence electrons. The monoisotopic (exact) mass is 388 g/mol. The predicted molar refractivity (Wildman–Crippen MR) is 112 cm³/mol. The predicted octanol–water partition coefficient (Wildman–Crippen LogP) is 3.42. The molecule has 0 unspecified atom stereocenters. The smallest absolute Gasteiger partial charge is 0.248 e. The minimum atomic E-state index is -0.299. The molecule has 7 nitrogen and oxygen atoms in total. The van der Waals surface area contributed by atoms with Crippen LogP contribution in [0.25, 0.3) is 17.1 Å². The maximum atomic E-state index is 12.3. The van der Waals surface area contributed by atoms with Crippen LogP contribution in [-0.4, -0.2) is 35.4 Å². The van der Waals surface area contributed by atoms with Crippen LogP contribution in [0.5, 0.6) is 5.75 Å². The summed E-state index contributed by atoms with van der Waals surface area (Å²) in [5.74, 6) is 0.328. The summed E-state index contributed by atoms with van der Waals surface area (Å²) in [4.78, 5) is 34.8. The number of benzene rings is 2. The van der Waals surface area contributed by atoms with Gasteiger partial charge in [0.15, 0.2) is 0 Å². The van der Waals surface area contributed by atoms with Gasteiger partial charge in [-0.2, -0.15) is 0 Å². The normalized spacial score (nSPS) is 14.0. The first kappa shape index (κ1) is 18.6. The van der Waals surface area contributed by atoms with Crippen LogP contribution >= 0.6 is 0 Å². The number of hydrogen-bond acceptors (Lipinski definition) is 5. The zero-order valence-electron chi connectivity index (χ0n) is 16.0. The molecule has 2 amide bonds. The van der Waals surface area contributed by atoms with Gasteiger partial charge in [0.25, 0.3) is 0 Å². The van der Waals surface area contributed by atoms with Crippen LogP contribution in [0.4, 0.5) is 11.4 Å². The lowest BCUT2D eigenvalue weighted by molar-refractivity contribution is -0.117. The first-order chi connectivity index (χ1) is 14.1. The van der Waals surface area contributed by atoms with E-state index in [1.165, 1.54) is 6.08 Å². The summed E-state index contributed by atoms with van der Waals surface area (Å²) < 4.78 is 5.42. The number of nitrogens with one attached hydrogen (secondary N) is 1. The van der Waals surface area contributed by atoms with Gasteiger partial charge < -0.3 is 15.0 Å². The highest BCUT2D eigenvalue weighted by molar-refractivity contribution is 6.02. The Morgan fingerprint density at radius 2 is 2.03 bits per heavy atom. The molecule has 3 aromatic rings. The molecule has 0 spiro atoms. The minimum Gasteiger partial charge on any atom is -0.494 e. The Hall–Kier alpha value is -3.74. The molecule has 4 rings (SSSR count). The summed E-state index contributed by atoms with van der Waals surface area (Å²) in [6.07, 6.45) is 6.02. The quantitative estimate of drug-likeness (QED) is 0.677. The number of methoxy groups -OCH3 is 1. The van der Waals surface area contributed by atoms with Crippen LogP contribution in [0.15, 0.2) is 54.7 Å². The molecule has 2 aromatic carbocycles. The Balaban J connectivity index is 1.47.